The molecule has 1 amide bonds. The number of likely N-dealkylation sites (tertiary alicyclic amines) is 1. The van der Waals surface area contributed by atoms with Gasteiger partial charge in [-0.2, -0.15) is 18.3 Å². The molecule has 7 nitrogen and oxygen atoms in total. The minimum absolute atomic E-state index is 0.0125. The zero-order valence-electron chi connectivity index (χ0n) is 15.7. The molecule has 0 N–H and O–H groups in total. The minimum Gasteiger partial charge on any atom is -0.338 e. The van der Waals surface area contributed by atoms with Crippen molar-refractivity contribution in [1.82, 2.24) is 24.2 Å². The van der Waals surface area contributed by atoms with E-state index in [2.05, 4.69) is 10.1 Å². The Labute approximate surface area is 173 Å². The standard InChI is InChI=1S/C18H18ClF4N5O2/c19-12-6-10(18(21,22)23)7-24-13(12)9-27-17(30)28-14(2-1-3-15(28)25-27)16(29)26-5-4-11(20)8-26/h6-7,11,14H,1-5,8-9H2/t11-,14+/m1/s1. The molecule has 0 saturated carbocycles. The highest BCUT2D eigenvalue weighted by molar-refractivity contribution is 6.31. The number of aryl methyl sites for hydroxylation is 1. The third-order valence-corrected chi connectivity index (χ3v) is 5.73. The summed E-state index contributed by atoms with van der Waals surface area (Å²) in [5, 5.41) is 4.00. The molecule has 30 heavy (non-hydrogen) atoms. The maximum Gasteiger partial charge on any atom is 0.417 e. The lowest BCUT2D eigenvalue weighted by Gasteiger charge is -2.26. The summed E-state index contributed by atoms with van der Waals surface area (Å²) in [7, 11) is 0. The number of hydrogen-bond acceptors (Lipinski definition) is 4. The average molecular weight is 448 g/mol. The Hall–Kier alpha value is -2.43. The van der Waals surface area contributed by atoms with Crippen molar-refractivity contribution in [3.8, 4) is 0 Å². The Kier molecular flexibility index (Phi) is 5.33. The van der Waals surface area contributed by atoms with Crippen molar-refractivity contribution in [2.75, 3.05) is 13.1 Å². The van der Waals surface area contributed by atoms with Gasteiger partial charge >= 0.3 is 11.9 Å². The van der Waals surface area contributed by atoms with Crippen LogP contribution in [0.25, 0.3) is 0 Å². The number of pyridine rings is 1. The number of amides is 1. The highest BCUT2D eigenvalue weighted by Gasteiger charge is 2.36. The molecule has 0 aliphatic carbocycles. The molecule has 2 aliphatic heterocycles. The minimum atomic E-state index is -4.58. The second kappa shape index (κ2) is 7.68. The van der Waals surface area contributed by atoms with Gasteiger partial charge in [-0.1, -0.05) is 11.6 Å². The number of hydrogen-bond donors (Lipinski definition) is 0. The summed E-state index contributed by atoms with van der Waals surface area (Å²) in [4.78, 5) is 30.9. The number of aromatic nitrogens is 4. The number of halogens is 5. The fraction of sp³-hybridized carbons (Fsp3) is 0.556. The monoisotopic (exact) mass is 447 g/mol. The number of rotatable bonds is 3. The van der Waals surface area contributed by atoms with E-state index in [4.69, 9.17) is 11.6 Å². The number of alkyl halides is 4. The van der Waals surface area contributed by atoms with Crippen LogP contribution in [0.5, 0.6) is 0 Å². The zero-order valence-corrected chi connectivity index (χ0v) is 16.5. The SMILES string of the molecule is O=C([C@@H]1CCCc2nn(Cc3ncc(C(F)(F)F)cc3Cl)c(=O)n21)N1CC[C@@H](F)C1. The molecule has 2 atom stereocenters. The number of fused-ring (bicyclic) bond motifs is 1. The van der Waals surface area contributed by atoms with Crippen LogP contribution in [0.4, 0.5) is 17.6 Å². The van der Waals surface area contributed by atoms with Crippen LogP contribution in [0.15, 0.2) is 17.1 Å². The van der Waals surface area contributed by atoms with Crippen molar-refractivity contribution >= 4 is 17.5 Å². The van der Waals surface area contributed by atoms with Crippen molar-refractivity contribution in [3.05, 3.63) is 44.9 Å². The van der Waals surface area contributed by atoms with E-state index < -0.39 is 29.6 Å². The van der Waals surface area contributed by atoms with Gasteiger partial charge in [0.05, 0.1) is 29.4 Å². The van der Waals surface area contributed by atoms with E-state index in [1.165, 1.54) is 9.47 Å². The molecule has 4 rings (SSSR count). The van der Waals surface area contributed by atoms with Gasteiger partial charge in [-0.05, 0) is 25.3 Å². The smallest absolute Gasteiger partial charge is 0.338 e. The summed E-state index contributed by atoms with van der Waals surface area (Å²) in [6.07, 6.45) is -3.17. The lowest BCUT2D eigenvalue weighted by Crippen LogP contribution is -2.41. The summed E-state index contributed by atoms with van der Waals surface area (Å²) in [6, 6.07) is -0.0193. The first-order valence-electron chi connectivity index (χ1n) is 9.48. The van der Waals surface area contributed by atoms with Crippen molar-refractivity contribution in [1.29, 1.82) is 0 Å². The van der Waals surface area contributed by atoms with Crippen molar-refractivity contribution < 1.29 is 22.4 Å². The number of carbonyl (C=O) groups excluding carboxylic acids is 1. The van der Waals surface area contributed by atoms with Crippen molar-refractivity contribution in [2.24, 2.45) is 0 Å². The normalized spacial score (nSPS) is 21.7. The molecule has 0 radical (unpaired) electrons. The van der Waals surface area contributed by atoms with E-state index in [0.717, 1.165) is 10.7 Å². The molecular weight excluding hydrogens is 430 g/mol. The molecule has 0 spiro atoms. The highest BCUT2D eigenvalue weighted by Crippen LogP contribution is 2.31. The molecule has 1 saturated heterocycles. The lowest BCUT2D eigenvalue weighted by atomic mass is 10.0. The zero-order chi connectivity index (χ0) is 21.6. The summed E-state index contributed by atoms with van der Waals surface area (Å²) in [6.45, 7) is 0.0887. The van der Waals surface area contributed by atoms with Crippen LogP contribution in [0.3, 0.4) is 0 Å². The van der Waals surface area contributed by atoms with Gasteiger partial charge in [0.25, 0.3) is 0 Å². The lowest BCUT2D eigenvalue weighted by molar-refractivity contribution is -0.138. The van der Waals surface area contributed by atoms with E-state index in [0.29, 0.717) is 37.8 Å². The quantitative estimate of drug-likeness (QED) is 0.678. The molecule has 2 aliphatic rings. The van der Waals surface area contributed by atoms with Crippen LogP contribution in [-0.4, -0.2) is 49.4 Å². The second-order valence-corrected chi connectivity index (χ2v) is 7.86. The third-order valence-electron chi connectivity index (χ3n) is 5.40. The first-order valence-corrected chi connectivity index (χ1v) is 9.85. The molecule has 1 fully saturated rings. The van der Waals surface area contributed by atoms with Crippen molar-refractivity contribution in [2.45, 2.75) is 50.6 Å². The topological polar surface area (TPSA) is 73.0 Å². The molecule has 4 heterocycles. The van der Waals surface area contributed by atoms with Gasteiger partial charge in [0, 0.05) is 19.2 Å². The van der Waals surface area contributed by atoms with Gasteiger partial charge in [0.15, 0.2) is 0 Å². The van der Waals surface area contributed by atoms with Crippen molar-refractivity contribution in [3.63, 3.8) is 0 Å². The van der Waals surface area contributed by atoms with Crippen LogP contribution in [0.2, 0.25) is 5.02 Å². The number of carbonyl (C=O) groups is 1. The van der Waals surface area contributed by atoms with E-state index in [1.54, 1.807) is 0 Å². The van der Waals surface area contributed by atoms with Gasteiger partial charge in [-0.25, -0.2) is 13.9 Å². The third kappa shape index (κ3) is 3.82. The predicted molar refractivity (Wildman–Crippen MR) is 97.9 cm³/mol. The fourth-order valence-electron chi connectivity index (χ4n) is 3.88. The Balaban J connectivity index is 1.61. The van der Waals surface area contributed by atoms with Crippen LogP contribution in [0.1, 0.15) is 42.4 Å². The average Bonchev–Trinajstić information content (AvgIpc) is 3.25. The molecule has 0 unspecified atom stereocenters. The molecule has 162 valence electrons. The molecule has 0 bridgehead atoms. The van der Waals surface area contributed by atoms with Crippen LogP contribution >= 0.6 is 11.6 Å². The van der Waals surface area contributed by atoms with Crippen LogP contribution in [-0.2, 0) is 23.9 Å². The van der Waals surface area contributed by atoms with E-state index in [-0.39, 0.29) is 36.1 Å². The highest BCUT2D eigenvalue weighted by atomic mass is 35.5. The summed E-state index contributed by atoms with van der Waals surface area (Å²) < 4.78 is 54.2. The van der Waals surface area contributed by atoms with E-state index >= 15 is 0 Å². The van der Waals surface area contributed by atoms with Gasteiger partial charge in [-0.15, -0.1) is 0 Å². The predicted octanol–water partition coefficient (Wildman–Crippen LogP) is 2.61. The summed E-state index contributed by atoms with van der Waals surface area (Å²) in [5.74, 6) is 0.0899. The fourth-order valence-corrected chi connectivity index (χ4v) is 4.10. The Morgan fingerprint density at radius 3 is 2.70 bits per heavy atom. The van der Waals surface area contributed by atoms with Gasteiger partial charge < -0.3 is 4.90 Å². The summed E-state index contributed by atoms with van der Waals surface area (Å²) >= 11 is 5.93. The molecule has 2 aromatic heterocycles. The second-order valence-electron chi connectivity index (χ2n) is 7.45. The first kappa shape index (κ1) is 20.8. The van der Waals surface area contributed by atoms with Gasteiger partial charge in [-0.3, -0.25) is 14.3 Å². The number of nitrogens with zero attached hydrogens (tertiary/aromatic N) is 5. The molecule has 0 aromatic carbocycles. The Morgan fingerprint density at radius 2 is 2.07 bits per heavy atom. The Morgan fingerprint density at radius 1 is 1.30 bits per heavy atom. The maximum atomic E-state index is 13.5. The maximum absolute atomic E-state index is 13.5. The largest absolute Gasteiger partial charge is 0.417 e. The van der Waals surface area contributed by atoms with E-state index in [1.807, 2.05) is 0 Å². The van der Waals surface area contributed by atoms with Crippen LogP contribution in [0, 0.1) is 0 Å². The summed E-state index contributed by atoms with van der Waals surface area (Å²) in [5.41, 5.74) is -1.50. The van der Waals surface area contributed by atoms with E-state index in [9.17, 15) is 27.2 Å². The molecule has 2 aromatic rings. The Bertz CT molecular complexity index is 1030. The van der Waals surface area contributed by atoms with Gasteiger partial charge in [0.2, 0.25) is 5.91 Å². The molecule has 12 heteroatoms. The van der Waals surface area contributed by atoms with Crippen LogP contribution < -0.4 is 5.69 Å². The molecular formula is C18H18ClF4N5O2. The first-order chi connectivity index (χ1) is 14.1. The van der Waals surface area contributed by atoms with Gasteiger partial charge in [0.1, 0.15) is 18.0 Å².